The van der Waals surface area contributed by atoms with Crippen LogP contribution in [0.15, 0.2) is 30.5 Å². The molecule has 4 atom stereocenters. The molecule has 0 saturated heterocycles. The third kappa shape index (κ3) is 8.08. The van der Waals surface area contributed by atoms with Gasteiger partial charge in [-0.25, -0.2) is 4.79 Å². The number of aromatic nitrogens is 1. The Hall–Kier alpha value is -3.97. The summed E-state index contributed by atoms with van der Waals surface area (Å²) in [5.74, 6) is -4.91. The van der Waals surface area contributed by atoms with Gasteiger partial charge in [0.25, 0.3) is 0 Å². The number of aromatic amines is 1. The molecule has 0 radical (unpaired) electrons. The summed E-state index contributed by atoms with van der Waals surface area (Å²) in [6.07, 6.45) is -0.134. The van der Waals surface area contributed by atoms with Crippen LogP contribution in [0.1, 0.15) is 25.3 Å². The van der Waals surface area contributed by atoms with Gasteiger partial charge >= 0.3 is 11.9 Å². The van der Waals surface area contributed by atoms with Crippen molar-refractivity contribution in [2.75, 3.05) is 6.54 Å². The van der Waals surface area contributed by atoms with Gasteiger partial charge in [-0.3, -0.25) is 19.2 Å². The summed E-state index contributed by atoms with van der Waals surface area (Å²) in [5, 5.41) is 35.1. The SMILES string of the molecule is CC(O)C(NC(=O)CNC(=O)C(Cc1c[nH]c2ccccc12)NC(=O)C(N)CCC(=O)O)C(=O)O. The van der Waals surface area contributed by atoms with E-state index >= 15 is 0 Å². The zero-order valence-electron chi connectivity index (χ0n) is 19.0. The number of carbonyl (C=O) groups is 5. The average molecular weight is 492 g/mol. The fourth-order valence-corrected chi connectivity index (χ4v) is 3.32. The van der Waals surface area contributed by atoms with Crippen molar-refractivity contribution in [1.82, 2.24) is 20.9 Å². The third-order valence-corrected chi connectivity index (χ3v) is 5.23. The number of aliphatic hydroxyl groups excluding tert-OH is 1. The molecule has 0 aliphatic heterocycles. The van der Waals surface area contributed by atoms with Crippen LogP contribution in [0.5, 0.6) is 0 Å². The van der Waals surface area contributed by atoms with Gasteiger partial charge in [0.1, 0.15) is 6.04 Å². The van der Waals surface area contributed by atoms with Gasteiger partial charge in [0, 0.05) is 29.9 Å². The number of rotatable bonds is 13. The van der Waals surface area contributed by atoms with Crippen LogP contribution in [0.3, 0.4) is 0 Å². The van der Waals surface area contributed by atoms with Gasteiger partial charge in [-0.1, -0.05) is 18.2 Å². The summed E-state index contributed by atoms with van der Waals surface area (Å²) in [5.41, 5.74) is 7.26. The molecule has 13 nitrogen and oxygen atoms in total. The number of benzene rings is 1. The van der Waals surface area contributed by atoms with Crippen LogP contribution in [0, 0.1) is 0 Å². The second-order valence-corrected chi connectivity index (χ2v) is 8.01. The Bertz CT molecular complexity index is 1080. The number of aliphatic hydroxyl groups is 1. The van der Waals surface area contributed by atoms with Crippen LogP contribution >= 0.6 is 0 Å². The van der Waals surface area contributed by atoms with Gasteiger partial charge in [0.2, 0.25) is 17.7 Å². The standard InChI is InChI=1S/C22H29N5O8/c1-11(28)19(22(34)35)27-17(29)10-25-21(33)16(26-20(32)14(23)6-7-18(30)31)8-12-9-24-15-5-3-2-4-13(12)15/h2-5,9,11,14,16,19,24,28H,6-8,10,23H2,1H3,(H,25,33)(H,26,32)(H,27,29)(H,30,31)(H,34,35). The van der Waals surface area contributed by atoms with Crippen molar-refractivity contribution in [3.05, 3.63) is 36.0 Å². The molecule has 0 fully saturated rings. The summed E-state index contributed by atoms with van der Waals surface area (Å²) in [6.45, 7) is 0.582. The molecule has 0 bridgehead atoms. The van der Waals surface area contributed by atoms with Crippen molar-refractivity contribution in [3.8, 4) is 0 Å². The second-order valence-electron chi connectivity index (χ2n) is 8.01. The Morgan fingerprint density at radius 2 is 1.74 bits per heavy atom. The van der Waals surface area contributed by atoms with E-state index in [0.29, 0.717) is 5.56 Å². The van der Waals surface area contributed by atoms with Crippen molar-refractivity contribution in [1.29, 1.82) is 0 Å². The topological polar surface area (TPSA) is 224 Å². The minimum atomic E-state index is -1.56. The zero-order chi connectivity index (χ0) is 26.1. The van der Waals surface area contributed by atoms with Crippen molar-refractivity contribution < 1.29 is 39.3 Å². The highest BCUT2D eigenvalue weighted by Crippen LogP contribution is 2.19. The molecule has 1 aromatic heterocycles. The Kier molecular flexibility index (Phi) is 9.73. The minimum Gasteiger partial charge on any atom is -0.481 e. The lowest BCUT2D eigenvalue weighted by Gasteiger charge is -2.21. The quantitative estimate of drug-likeness (QED) is 0.162. The van der Waals surface area contributed by atoms with Crippen LogP contribution in [-0.4, -0.2) is 80.7 Å². The Labute approximate surface area is 200 Å². The number of aliphatic carboxylic acids is 2. The van der Waals surface area contributed by atoms with Crippen LogP contribution in [0.2, 0.25) is 0 Å². The Morgan fingerprint density at radius 1 is 1.06 bits per heavy atom. The molecule has 1 heterocycles. The van der Waals surface area contributed by atoms with E-state index in [-0.39, 0.29) is 19.3 Å². The van der Waals surface area contributed by atoms with E-state index in [1.165, 1.54) is 6.92 Å². The number of H-pyrrole nitrogens is 1. The number of nitrogens with one attached hydrogen (secondary N) is 4. The van der Waals surface area contributed by atoms with Gasteiger partial charge in [0.15, 0.2) is 6.04 Å². The van der Waals surface area contributed by atoms with Gasteiger partial charge in [-0.15, -0.1) is 0 Å². The van der Waals surface area contributed by atoms with E-state index in [1.54, 1.807) is 12.3 Å². The number of hydrogen-bond acceptors (Lipinski definition) is 7. The molecule has 0 saturated carbocycles. The first kappa shape index (κ1) is 27.3. The molecule has 0 aliphatic carbocycles. The van der Waals surface area contributed by atoms with Crippen LogP contribution < -0.4 is 21.7 Å². The number of carbonyl (C=O) groups excluding carboxylic acids is 3. The van der Waals surface area contributed by atoms with Crippen molar-refractivity contribution in [2.45, 2.75) is 50.4 Å². The first-order chi connectivity index (χ1) is 16.5. The maximum Gasteiger partial charge on any atom is 0.328 e. The molecule has 35 heavy (non-hydrogen) atoms. The van der Waals surface area contributed by atoms with E-state index in [0.717, 1.165) is 10.9 Å². The number of nitrogens with two attached hydrogens (primary N) is 1. The maximum atomic E-state index is 12.9. The Morgan fingerprint density at radius 3 is 2.37 bits per heavy atom. The fraction of sp³-hybridized carbons (Fsp3) is 0.409. The van der Waals surface area contributed by atoms with E-state index < -0.39 is 60.4 Å². The van der Waals surface area contributed by atoms with Gasteiger partial charge in [-0.05, 0) is 25.0 Å². The molecule has 3 amide bonds. The number of carboxylic acid groups (broad SMARTS) is 2. The van der Waals surface area contributed by atoms with Gasteiger partial charge in [-0.2, -0.15) is 0 Å². The van der Waals surface area contributed by atoms with Gasteiger partial charge in [0.05, 0.1) is 18.7 Å². The van der Waals surface area contributed by atoms with E-state index in [2.05, 4.69) is 20.9 Å². The van der Waals surface area contributed by atoms with Gasteiger partial charge < -0.3 is 42.0 Å². The Balaban J connectivity index is 2.12. The highest BCUT2D eigenvalue weighted by Gasteiger charge is 2.28. The number of para-hydroxylation sites is 1. The largest absolute Gasteiger partial charge is 0.481 e. The predicted molar refractivity (Wildman–Crippen MR) is 123 cm³/mol. The molecule has 2 rings (SSSR count). The lowest BCUT2D eigenvalue weighted by Crippen LogP contribution is -2.55. The second kappa shape index (κ2) is 12.5. The lowest BCUT2D eigenvalue weighted by atomic mass is 10.0. The predicted octanol–water partition coefficient (Wildman–Crippen LogP) is -1.55. The molecule has 0 spiro atoms. The molecule has 1 aromatic carbocycles. The molecular formula is C22H29N5O8. The average Bonchev–Trinajstić information content (AvgIpc) is 3.21. The third-order valence-electron chi connectivity index (χ3n) is 5.23. The summed E-state index contributed by atoms with van der Waals surface area (Å²) in [4.78, 5) is 62.4. The molecule has 190 valence electrons. The van der Waals surface area contributed by atoms with Crippen LogP contribution in [0.25, 0.3) is 10.9 Å². The fourth-order valence-electron chi connectivity index (χ4n) is 3.32. The van der Waals surface area contributed by atoms with Crippen molar-refractivity contribution in [2.24, 2.45) is 5.73 Å². The maximum absolute atomic E-state index is 12.9. The smallest absolute Gasteiger partial charge is 0.328 e. The van der Waals surface area contributed by atoms with E-state index in [4.69, 9.17) is 15.9 Å². The highest BCUT2D eigenvalue weighted by atomic mass is 16.4. The molecular weight excluding hydrogens is 462 g/mol. The van der Waals surface area contributed by atoms with Crippen LogP contribution in [-0.2, 0) is 30.4 Å². The summed E-state index contributed by atoms with van der Waals surface area (Å²) >= 11 is 0. The summed E-state index contributed by atoms with van der Waals surface area (Å²) in [6, 6.07) is 3.39. The number of hydrogen-bond donors (Lipinski definition) is 8. The summed E-state index contributed by atoms with van der Waals surface area (Å²) < 4.78 is 0. The van der Waals surface area contributed by atoms with E-state index in [1.807, 2.05) is 18.2 Å². The molecule has 4 unspecified atom stereocenters. The number of fused-ring (bicyclic) bond motifs is 1. The first-order valence-electron chi connectivity index (χ1n) is 10.8. The normalized spacial score (nSPS) is 14.4. The molecule has 13 heteroatoms. The number of amides is 3. The highest BCUT2D eigenvalue weighted by molar-refractivity contribution is 5.93. The molecule has 9 N–H and O–H groups in total. The minimum absolute atomic E-state index is 0.0281. The van der Waals surface area contributed by atoms with Crippen LogP contribution in [0.4, 0.5) is 0 Å². The molecule has 2 aromatic rings. The number of carboxylic acids is 2. The monoisotopic (exact) mass is 491 g/mol. The first-order valence-corrected chi connectivity index (χ1v) is 10.8. The van der Waals surface area contributed by atoms with E-state index in [9.17, 15) is 29.1 Å². The lowest BCUT2D eigenvalue weighted by molar-refractivity contribution is -0.144. The van der Waals surface area contributed by atoms with Crippen molar-refractivity contribution >= 4 is 40.6 Å². The summed E-state index contributed by atoms with van der Waals surface area (Å²) in [7, 11) is 0. The van der Waals surface area contributed by atoms with Crippen molar-refractivity contribution in [3.63, 3.8) is 0 Å². The molecule has 0 aliphatic rings. The zero-order valence-corrected chi connectivity index (χ0v) is 19.0.